The van der Waals surface area contributed by atoms with E-state index in [1.807, 2.05) is 18.7 Å². The molecule has 1 aliphatic carbocycles. The van der Waals surface area contributed by atoms with Crippen LogP contribution < -0.4 is 0 Å². The molecule has 0 unspecified atom stereocenters. The van der Waals surface area contributed by atoms with Crippen molar-refractivity contribution in [2.45, 2.75) is 58.0 Å². The fourth-order valence-corrected chi connectivity index (χ4v) is 3.19. The van der Waals surface area contributed by atoms with Gasteiger partial charge < -0.3 is 9.64 Å². The second-order valence-corrected chi connectivity index (χ2v) is 7.10. The van der Waals surface area contributed by atoms with Crippen LogP contribution in [-0.4, -0.2) is 46.6 Å². The Bertz CT molecular complexity index is 537. The summed E-state index contributed by atoms with van der Waals surface area (Å²) in [4.78, 5) is 23.7. The molecule has 126 valence electrons. The molecule has 2 heterocycles. The van der Waals surface area contributed by atoms with Crippen LogP contribution in [-0.2, 0) is 4.74 Å². The lowest BCUT2D eigenvalue weighted by molar-refractivity contribution is 0.0443. The first kappa shape index (κ1) is 16.4. The maximum atomic E-state index is 13.0. The van der Waals surface area contributed by atoms with E-state index in [2.05, 4.69) is 9.97 Å². The first-order valence-corrected chi connectivity index (χ1v) is 8.87. The first-order valence-electron chi connectivity index (χ1n) is 8.87. The highest BCUT2D eigenvalue weighted by Crippen LogP contribution is 2.28. The van der Waals surface area contributed by atoms with Crippen LogP contribution in [0.4, 0.5) is 0 Å². The predicted molar refractivity (Wildman–Crippen MR) is 88.3 cm³/mol. The molecular weight excluding hydrogens is 290 g/mol. The fourth-order valence-electron chi connectivity index (χ4n) is 3.19. The smallest absolute Gasteiger partial charge is 0.272 e. The zero-order valence-corrected chi connectivity index (χ0v) is 14.2. The molecule has 5 nitrogen and oxygen atoms in total. The van der Waals surface area contributed by atoms with Gasteiger partial charge in [0.25, 0.3) is 5.91 Å². The van der Waals surface area contributed by atoms with Gasteiger partial charge in [-0.05, 0) is 37.7 Å². The SMILES string of the molecule is CC(C)c1nccc(C(=O)N(CC2CCC2)C[C@H]2CCCO2)n1. The van der Waals surface area contributed by atoms with Crippen molar-refractivity contribution in [3.05, 3.63) is 23.8 Å². The number of ether oxygens (including phenoxy) is 1. The molecule has 0 radical (unpaired) electrons. The Morgan fingerprint density at radius 2 is 2.13 bits per heavy atom. The van der Waals surface area contributed by atoms with Crippen molar-refractivity contribution >= 4 is 5.91 Å². The molecule has 0 bridgehead atoms. The van der Waals surface area contributed by atoms with E-state index < -0.39 is 0 Å². The number of nitrogens with zero attached hydrogens (tertiary/aromatic N) is 3. The lowest BCUT2D eigenvalue weighted by Gasteiger charge is -2.33. The molecule has 3 rings (SSSR count). The zero-order valence-electron chi connectivity index (χ0n) is 14.2. The van der Waals surface area contributed by atoms with Gasteiger partial charge in [-0.2, -0.15) is 0 Å². The molecule has 2 aliphatic rings. The molecule has 0 aromatic carbocycles. The normalized spacial score (nSPS) is 21.4. The first-order chi connectivity index (χ1) is 11.1. The van der Waals surface area contributed by atoms with Gasteiger partial charge in [-0.15, -0.1) is 0 Å². The monoisotopic (exact) mass is 317 g/mol. The van der Waals surface area contributed by atoms with E-state index in [-0.39, 0.29) is 17.9 Å². The van der Waals surface area contributed by atoms with Crippen LogP contribution in [0.5, 0.6) is 0 Å². The third kappa shape index (κ3) is 4.08. The van der Waals surface area contributed by atoms with Crippen molar-refractivity contribution < 1.29 is 9.53 Å². The van der Waals surface area contributed by atoms with Crippen LogP contribution in [0.3, 0.4) is 0 Å². The molecule has 0 N–H and O–H groups in total. The van der Waals surface area contributed by atoms with E-state index in [0.29, 0.717) is 18.2 Å². The van der Waals surface area contributed by atoms with Gasteiger partial charge in [-0.3, -0.25) is 4.79 Å². The van der Waals surface area contributed by atoms with Gasteiger partial charge in [0.1, 0.15) is 11.5 Å². The molecule has 1 aromatic heterocycles. The van der Waals surface area contributed by atoms with Crippen LogP contribution in [0.25, 0.3) is 0 Å². The summed E-state index contributed by atoms with van der Waals surface area (Å²) in [6.07, 6.45) is 7.79. The summed E-state index contributed by atoms with van der Waals surface area (Å²) in [5.74, 6) is 1.63. The van der Waals surface area contributed by atoms with Gasteiger partial charge in [-0.1, -0.05) is 20.3 Å². The van der Waals surface area contributed by atoms with Gasteiger partial charge in [0.05, 0.1) is 6.10 Å². The second-order valence-electron chi connectivity index (χ2n) is 7.10. The van der Waals surface area contributed by atoms with Crippen molar-refractivity contribution in [1.29, 1.82) is 0 Å². The van der Waals surface area contributed by atoms with Gasteiger partial charge >= 0.3 is 0 Å². The number of carbonyl (C=O) groups is 1. The summed E-state index contributed by atoms with van der Waals surface area (Å²) in [7, 11) is 0. The van der Waals surface area contributed by atoms with Gasteiger partial charge in [0.2, 0.25) is 0 Å². The lowest BCUT2D eigenvalue weighted by Crippen LogP contribution is -2.42. The van der Waals surface area contributed by atoms with E-state index >= 15 is 0 Å². The Balaban J connectivity index is 1.73. The van der Waals surface area contributed by atoms with E-state index in [4.69, 9.17) is 4.74 Å². The molecule has 2 fully saturated rings. The van der Waals surface area contributed by atoms with Crippen molar-refractivity contribution in [3.8, 4) is 0 Å². The van der Waals surface area contributed by atoms with Crippen molar-refractivity contribution in [2.24, 2.45) is 5.92 Å². The molecular formula is C18H27N3O2. The van der Waals surface area contributed by atoms with Gasteiger partial charge in [-0.25, -0.2) is 9.97 Å². The Labute approximate surface area is 138 Å². The summed E-state index contributed by atoms with van der Waals surface area (Å²) in [5.41, 5.74) is 0.515. The molecule has 1 amide bonds. The summed E-state index contributed by atoms with van der Waals surface area (Å²) in [5, 5.41) is 0. The van der Waals surface area contributed by atoms with Crippen molar-refractivity contribution in [1.82, 2.24) is 14.9 Å². The minimum atomic E-state index is 0.0247. The molecule has 1 atom stereocenters. The standard InChI is InChI=1S/C18H27N3O2/c1-13(2)17-19-9-8-16(20-17)18(22)21(11-14-5-3-6-14)12-15-7-4-10-23-15/h8-9,13-15H,3-7,10-12H2,1-2H3/t15-/m1/s1. The number of carbonyl (C=O) groups excluding carboxylic acids is 1. The van der Waals surface area contributed by atoms with Gasteiger partial charge in [0, 0.05) is 31.8 Å². The van der Waals surface area contributed by atoms with Crippen LogP contribution in [0, 0.1) is 5.92 Å². The quantitative estimate of drug-likeness (QED) is 0.809. The van der Waals surface area contributed by atoms with Crippen LogP contribution in [0.15, 0.2) is 12.3 Å². The number of aromatic nitrogens is 2. The van der Waals surface area contributed by atoms with E-state index in [1.165, 1.54) is 19.3 Å². The zero-order chi connectivity index (χ0) is 16.2. The van der Waals surface area contributed by atoms with E-state index in [9.17, 15) is 4.79 Å². The number of hydrogen-bond acceptors (Lipinski definition) is 4. The Morgan fingerprint density at radius 1 is 1.30 bits per heavy atom. The molecule has 1 aliphatic heterocycles. The van der Waals surface area contributed by atoms with Crippen molar-refractivity contribution in [2.75, 3.05) is 19.7 Å². The molecule has 1 saturated heterocycles. The highest BCUT2D eigenvalue weighted by atomic mass is 16.5. The Hall–Kier alpha value is -1.49. The summed E-state index contributed by atoms with van der Waals surface area (Å²) in [6.45, 7) is 6.43. The summed E-state index contributed by atoms with van der Waals surface area (Å²) < 4.78 is 5.74. The summed E-state index contributed by atoms with van der Waals surface area (Å²) in [6, 6.07) is 1.73. The number of amides is 1. The topological polar surface area (TPSA) is 55.3 Å². The highest BCUT2D eigenvalue weighted by molar-refractivity contribution is 5.92. The second kappa shape index (κ2) is 7.39. The number of rotatable bonds is 6. The van der Waals surface area contributed by atoms with E-state index in [1.54, 1.807) is 12.3 Å². The predicted octanol–water partition coefficient (Wildman–Crippen LogP) is 3.02. The largest absolute Gasteiger partial charge is 0.376 e. The Kier molecular flexibility index (Phi) is 5.26. The van der Waals surface area contributed by atoms with Crippen LogP contribution in [0.1, 0.15) is 68.2 Å². The highest BCUT2D eigenvalue weighted by Gasteiger charge is 2.28. The Morgan fingerprint density at radius 3 is 2.74 bits per heavy atom. The molecule has 1 saturated carbocycles. The van der Waals surface area contributed by atoms with E-state index in [0.717, 1.165) is 31.8 Å². The van der Waals surface area contributed by atoms with Crippen LogP contribution in [0.2, 0.25) is 0 Å². The average molecular weight is 317 g/mol. The van der Waals surface area contributed by atoms with Crippen LogP contribution >= 0.6 is 0 Å². The summed E-state index contributed by atoms with van der Waals surface area (Å²) >= 11 is 0. The maximum Gasteiger partial charge on any atom is 0.272 e. The minimum absolute atomic E-state index is 0.0247. The molecule has 5 heteroatoms. The minimum Gasteiger partial charge on any atom is -0.376 e. The molecule has 23 heavy (non-hydrogen) atoms. The fraction of sp³-hybridized carbons (Fsp3) is 0.722. The van der Waals surface area contributed by atoms with Gasteiger partial charge in [0.15, 0.2) is 0 Å². The number of hydrogen-bond donors (Lipinski definition) is 0. The van der Waals surface area contributed by atoms with Crippen molar-refractivity contribution in [3.63, 3.8) is 0 Å². The average Bonchev–Trinajstić information content (AvgIpc) is 3.02. The molecule has 0 spiro atoms. The molecule has 1 aromatic rings. The lowest BCUT2D eigenvalue weighted by atomic mass is 9.85. The maximum absolute atomic E-state index is 13.0. The third-order valence-corrected chi connectivity index (χ3v) is 4.85. The third-order valence-electron chi connectivity index (χ3n) is 4.85.